The van der Waals surface area contributed by atoms with Crippen molar-refractivity contribution in [2.24, 2.45) is 5.92 Å². The van der Waals surface area contributed by atoms with E-state index in [0.29, 0.717) is 26.1 Å². The molecular weight excluding hydrogens is 202 g/mol. The van der Waals surface area contributed by atoms with E-state index in [2.05, 4.69) is 24.1 Å². The van der Waals surface area contributed by atoms with Crippen LogP contribution in [0.4, 0.5) is 0 Å². The molecule has 90 valence electrons. The normalized spacial score (nSPS) is 23.9. The van der Waals surface area contributed by atoms with Crippen molar-refractivity contribution >= 4 is 5.78 Å². The number of rotatable bonds is 6. The SMILES string of the molecule is CC#CCCC(=O)C1COCC1NCCC. The zero-order valence-electron chi connectivity index (χ0n) is 10.2. The summed E-state index contributed by atoms with van der Waals surface area (Å²) in [4.78, 5) is 11.9. The second kappa shape index (κ2) is 7.43. The van der Waals surface area contributed by atoms with E-state index in [4.69, 9.17) is 4.74 Å². The van der Waals surface area contributed by atoms with Crippen LogP contribution in [0.25, 0.3) is 0 Å². The van der Waals surface area contributed by atoms with Crippen molar-refractivity contribution in [3.8, 4) is 11.8 Å². The maximum atomic E-state index is 11.9. The van der Waals surface area contributed by atoms with Crippen LogP contribution in [-0.4, -0.2) is 31.6 Å². The molecule has 1 saturated heterocycles. The molecule has 2 atom stereocenters. The van der Waals surface area contributed by atoms with Gasteiger partial charge in [-0.3, -0.25) is 4.79 Å². The van der Waals surface area contributed by atoms with E-state index in [1.807, 2.05) is 0 Å². The highest BCUT2D eigenvalue weighted by Gasteiger charge is 2.32. The minimum absolute atomic E-state index is 0.0326. The van der Waals surface area contributed by atoms with Crippen molar-refractivity contribution in [3.05, 3.63) is 0 Å². The van der Waals surface area contributed by atoms with Crippen molar-refractivity contribution in [3.63, 3.8) is 0 Å². The monoisotopic (exact) mass is 223 g/mol. The van der Waals surface area contributed by atoms with Crippen molar-refractivity contribution in [2.75, 3.05) is 19.8 Å². The summed E-state index contributed by atoms with van der Waals surface area (Å²) in [6.45, 7) is 6.10. The van der Waals surface area contributed by atoms with Crippen LogP contribution in [0.1, 0.15) is 33.1 Å². The molecule has 0 amide bonds. The zero-order valence-corrected chi connectivity index (χ0v) is 10.2. The summed E-state index contributed by atoms with van der Waals surface area (Å²) in [6, 6.07) is 0.210. The van der Waals surface area contributed by atoms with Crippen molar-refractivity contribution in [1.29, 1.82) is 0 Å². The van der Waals surface area contributed by atoms with E-state index in [0.717, 1.165) is 13.0 Å². The Kier molecular flexibility index (Phi) is 6.14. The van der Waals surface area contributed by atoms with Crippen molar-refractivity contribution in [2.45, 2.75) is 39.2 Å². The predicted molar refractivity (Wildman–Crippen MR) is 64.1 cm³/mol. The number of carbonyl (C=O) groups excluding carboxylic acids is 1. The van der Waals surface area contributed by atoms with Crippen LogP contribution >= 0.6 is 0 Å². The van der Waals surface area contributed by atoms with Gasteiger partial charge in [0.2, 0.25) is 0 Å². The minimum Gasteiger partial charge on any atom is -0.379 e. The molecule has 0 aromatic rings. The van der Waals surface area contributed by atoms with E-state index >= 15 is 0 Å². The fraction of sp³-hybridized carbons (Fsp3) is 0.769. The summed E-state index contributed by atoms with van der Waals surface area (Å²) in [5, 5.41) is 3.37. The molecule has 1 fully saturated rings. The minimum atomic E-state index is 0.0326. The molecule has 1 heterocycles. The number of ketones is 1. The lowest BCUT2D eigenvalue weighted by atomic mass is 9.95. The highest BCUT2D eigenvalue weighted by atomic mass is 16.5. The number of hydrogen-bond donors (Lipinski definition) is 1. The highest BCUT2D eigenvalue weighted by molar-refractivity contribution is 5.82. The summed E-state index contributed by atoms with van der Waals surface area (Å²) < 4.78 is 5.37. The molecule has 2 unspecified atom stereocenters. The Morgan fingerprint density at radius 2 is 2.31 bits per heavy atom. The van der Waals surface area contributed by atoms with E-state index in [1.165, 1.54) is 0 Å². The van der Waals surface area contributed by atoms with E-state index in [1.54, 1.807) is 6.92 Å². The van der Waals surface area contributed by atoms with Crippen LogP contribution in [0.2, 0.25) is 0 Å². The molecule has 1 aliphatic heterocycles. The Morgan fingerprint density at radius 3 is 3.00 bits per heavy atom. The highest BCUT2D eigenvalue weighted by Crippen LogP contribution is 2.17. The molecule has 1 aliphatic rings. The van der Waals surface area contributed by atoms with Gasteiger partial charge in [0.05, 0.1) is 19.1 Å². The fourth-order valence-electron chi connectivity index (χ4n) is 1.90. The maximum Gasteiger partial charge on any atom is 0.140 e. The van der Waals surface area contributed by atoms with Crippen LogP contribution in [0.3, 0.4) is 0 Å². The first-order valence-corrected chi connectivity index (χ1v) is 6.03. The molecule has 0 bridgehead atoms. The van der Waals surface area contributed by atoms with Crippen LogP contribution in [0.5, 0.6) is 0 Å². The van der Waals surface area contributed by atoms with Crippen LogP contribution < -0.4 is 5.32 Å². The molecule has 3 heteroatoms. The van der Waals surface area contributed by atoms with Crippen LogP contribution in [-0.2, 0) is 9.53 Å². The summed E-state index contributed by atoms with van der Waals surface area (Å²) in [5.41, 5.74) is 0. The number of hydrogen-bond acceptors (Lipinski definition) is 3. The molecule has 3 nitrogen and oxygen atoms in total. The van der Waals surface area contributed by atoms with Gasteiger partial charge in [0.25, 0.3) is 0 Å². The quantitative estimate of drug-likeness (QED) is 0.691. The molecule has 0 aromatic heterocycles. The molecule has 1 rings (SSSR count). The number of carbonyl (C=O) groups is 1. The third-order valence-corrected chi connectivity index (χ3v) is 2.82. The van der Waals surface area contributed by atoms with Crippen molar-refractivity contribution < 1.29 is 9.53 Å². The van der Waals surface area contributed by atoms with E-state index in [9.17, 15) is 4.79 Å². The standard InChI is InChI=1S/C13H21NO2/c1-3-5-6-7-13(15)11-9-16-10-12(11)14-8-4-2/h11-12,14H,4,6-10H2,1-2H3. The average Bonchev–Trinajstić information content (AvgIpc) is 2.74. The molecule has 1 N–H and O–H groups in total. The van der Waals surface area contributed by atoms with Gasteiger partial charge < -0.3 is 10.1 Å². The average molecular weight is 223 g/mol. The third-order valence-electron chi connectivity index (χ3n) is 2.82. The third kappa shape index (κ3) is 3.96. The van der Waals surface area contributed by atoms with Crippen LogP contribution in [0, 0.1) is 17.8 Å². The van der Waals surface area contributed by atoms with Gasteiger partial charge in [0.15, 0.2) is 0 Å². The van der Waals surface area contributed by atoms with Gasteiger partial charge in [-0.15, -0.1) is 11.8 Å². The molecule has 0 aliphatic carbocycles. The number of ether oxygens (including phenoxy) is 1. The van der Waals surface area contributed by atoms with Crippen LogP contribution in [0.15, 0.2) is 0 Å². The lowest BCUT2D eigenvalue weighted by molar-refractivity contribution is -0.123. The smallest absolute Gasteiger partial charge is 0.140 e. The first-order chi connectivity index (χ1) is 7.79. The van der Waals surface area contributed by atoms with Gasteiger partial charge in [0, 0.05) is 18.9 Å². The van der Waals surface area contributed by atoms with Gasteiger partial charge in [-0.1, -0.05) is 6.92 Å². The Bertz CT molecular complexity index is 277. The summed E-state index contributed by atoms with van der Waals surface area (Å²) >= 11 is 0. The van der Waals surface area contributed by atoms with E-state index < -0.39 is 0 Å². The maximum absolute atomic E-state index is 11.9. The Morgan fingerprint density at radius 1 is 1.50 bits per heavy atom. The molecule has 0 saturated carbocycles. The Hall–Kier alpha value is -0.850. The second-order valence-corrected chi connectivity index (χ2v) is 4.10. The summed E-state index contributed by atoms with van der Waals surface area (Å²) in [5.74, 6) is 6.06. The summed E-state index contributed by atoms with van der Waals surface area (Å²) in [6.07, 6.45) is 2.31. The molecule has 0 aromatic carbocycles. The van der Waals surface area contributed by atoms with Gasteiger partial charge in [-0.25, -0.2) is 0 Å². The van der Waals surface area contributed by atoms with Gasteiger partial charge in [-0.2, -0.15) is 0 Å². The predicted octanol–water partition coefficient (Wildman–Crippen LogP) is 1.37. The van der Waals surface area contributed by atoms with Crippen molar-refractivity contribution in [1.82, 2.24) is 5.32 Å². The topological polar surface area (TPSA) is 38.3 Å². The fourth-order valence-corrected chi connectivity index (χ4v) is 1.90. The molecular formula is C13H21NO2. The first kappa shape index (κ1) is 13.2. The Balaban J connectivity index is 2.36. The van der Waals surface area contributed by atoms with Gasteiger partial charge in [-0.05, 0) is 19.9 Å². The molecule has 0 radical (unpaired) electrons. The lowest BCUT2D eigenvalue weighted by Crippen LogP contribution is -2.39. The molecule has 0 spiro atoms. The second-order valence-electron chi connectivity index (χ2n) is 4.10. The zero-order chi connectivity index (χ0) is 11.8. The number of Topliss-reactive ketones (excluding diaryl/α,β-unsaturated/α-hetero) is 1. The van der Waals surface area contributed by atoms with Gasteiger partial charge in [0.1, 0.15) is 5.78 Å². The van der Waals surface area contributed by atoms with Gasteiger partial charge >= 0.3 is 0 Å². The largest absolute Gasteiger partial charge is 0.379 e. The Labute approximate surface area is 97.9 Å². The number of nitrogens with one attached hydrogen (secondary N) is 1. The molecule has 16 heavy (non-hydrogen) atoms. The first-order valence-electron chi connectivity index (χ1n) is 6.03. The van der Waals surface area contributed by atoms with E-state index in [-0.39, 0.29) is 17.7 Å². The summed E-state index contributed by atoms with van der Waals surface area (Å²) in [7, 11) is 0. The lowest BCUT2D eigenvalue weighted by Gasteiger charge is -2.17.